The Hall–Kier alpha value is -23.8. The van der Waals surface area contributed by atoms with Crippen molar-refractivity contribution in [2.45, 2.75) is 142 Å². The first-order valence-electron chi connectivity index (χ1n) is 36.4. The molecular formula is C132H72O2. The van der Waals surface area contributed by atoms with E-state index in [1.54, 1.807) is 76.2 Å². The van der Waals surface area contributed by atoms with Crippen molar-refractivity contribution >= 4 is 5.97 Å². The number of hydrogen-bond acceptors (Lipinski definition) is 2. The zero-order valence-corrected chi connectivity index (χ0v) is 75.4. The number of rotatable bonds is 0. The lowest BCUT2D eigenvalue weighted by atomic mass is 9.78. The average Bonchev–Trinajstić information content (AvgIpc) is 1.67. The minimum absolute atomic E-state index is 0. The summed E-state index contributed by atoms with van der Waals surface area (Å²) in [7, 11) is 0. The van der Waals surface area contributed by atoms with Crippen molar-refractivity contribution in [1.29, 1.82) is 0 Å². The Balaban J connectivity index is -0.000000172. The van der Waals surface area contributed by atoms with Crippen LogP contribution in [0.5, 0.6) is 0 Å². The van der Waals surface area contributed by atoms with Crippen LogP contribution < -0.4 is 0 Å². The first-order valence-corrected chi connectivity index (χ1v) is 36.4. The lowest BCUT2D eigenvalue weighted by Crippen LogP contribution is -2.25. The molecule has 1 saturated carbocycles. The van der Waals surface area contributed by atoms with Crippen molar-refractivity contribution in [3.05, 3.63) is 0 Å². The highest BCUT2D eigenvalue weighted by Crippen LogP contribution is 2.38. The molecule has 0 spiro atoms. The minimum Gasteiger partial charge on any atom is -0.461 e. The third-order valence-electron chi connectivity index (χ3n) is 10.5. The molecule has 0 N–H and O–H groups in total. The fraction of sp³-hybridized carbons (Fsp3) is 0.189. The molecule has 1 aliphatic carbocycles. The van der Waals surface area contributed by atoms with E-state index in [9.17, 15) is 4.79 Å². The highest BCUT2D eigenvalue weighted by atomic mass is 16.6. The molecule has 2 aliphatic rings. The molecule has 2 nitrogen and oxygen atoms in total. The van der Waals surface area contributed by atoms with Gasteiger partial charge in [-0.25, -0.2) is 0 Å². The van der Waals surface area contributed by atoms with Gasteiger partial charge in [-0.15, -0.1) is 94.8 Å². The summed E-state index contributed by atoms with van der Waals surface area (Å²) in [5.41, 5.74) is 0. The summed E-state index contributed by atoms with van der Waals surface area (Å²) in [6, 6.07) is 0. The van der Waals surface area contributed by atoms with Gasteiger partial charge in [-0.3, -0.25) is 4.79 Å². The molecule has 2 heteroatoms. The minimum atomic E-state index is -0.651. The van der Waals surface area contributed by atoms with Gasteiger partial charge in [0.05, 0.1) is 0 Å². The highest BCUT2D eigenvalue weighted by molar-refractivity contribution is 5.79. The van der Waals surface area contributed by atoms with Crippen LogP contribution in [0.15, 0.2) is 0 Å². The zero-order valence-electron chi connectivity index (χ0n) is 75.4. The van der Waals surface area contributed by atoms with Crippen LogP contribution in [0.4, 0.5) is 0 Å². The zero-order chi connectivity index (χ0) is 101. The summed E-state index contributed by atoms with van der Waals surface area (Å²) in [5.74, 6) is 236. The summed E-state index contributed by atoms with van der Waals surface area (Å²) in [4.78, 5) is 13.1. The Morgan fingerprint density at radius 2 is 0.366 bits per heavy atom. The van der Waals surface area contributed by atoms with Gasteiger partial charge in [-0.1, -0.05) is 90.8 Å². The first kappa shape index (κ1) is 133. The largest absolute Gasteiger partial charge is 0.461 e. The quantitative estimate of drug-likeness (QED) is 0.178. The van der Waals surface area contributed by atoms with Crippen molar-refractivity contribution in [2.75, 3.05) is 0 Å². The molecule has 1 saturated heterocycles. The monoisotopic (exact) mass is 1690 g/mol. The van der Waals surface area contributed by atoms with Crippen molar-refractivity contribution in [3.63, 3.8) is 0 Å². The third kappa shape index (κ3) is 140. The molecule has 0 amide bonds. The number of fused-ring (bicyclic) bond motifs is 1. The number of terminal acetylenes is 11. The van der Waals surface area contributed by atoms with Gasteiger partial charge in [0.15, 0.2) is 0 Å². The van der Waals surface area contributed by atoms with Crippen LogP contribution in [0.3, 0.4) is 0 Å². The maximum Gasteiger partial charge on any atom is 0.321 e. The molecular weight excluding hydrogens is 1620 g/mol. The van der Waals surface area contributed by atoms with E-state index in [-0.39, 0.29) is 37.3 Å². The summed E-state index contributed by atoms with van der Waals surface area (Å²) >= 11 is 0. The van der Waals surface area contributed by atoms with Gasteiger partial charge >= 0.3 is 5.97 Å². The fourth-order valence-electron chi connectivity index (χ4n) is 6.08. The summed E-state index contributed by atoms with van der Waals surface area (Å²) < 4.78 is 5.89. The van der Waals surface area contributed by atoms with Gasteiger partial charge in [0, 0.05) is 17.8 Å². The number of hydrogen-bond donors (Lipinski definition) is 0. The van der Waals surface area contributed by atoms with Crippen molar-refractivity contribution < 1.29 is 9.53 Å². The average molecular weight is 1690 g/mol. The van der Waals surface area contributed by atoms with E-state index in [0.717, 1.165) is 25.7 Å². The molecule has 5 unspecified atom stereocenters. The lowest BCUT2D eigenvalue weighted by molar-refractivity contribution is -0.143. The van der Waals surface area contributed by atoms with Gasteiger partial charge in [0.25, 0.3) is 0 Å². The Kier molecular flexibility index (Phi) is 140. The third-order valence-corrected chi connectivity index (χ3v) is 10.5. The van der Waals surface area contributed by atoms with Crippen LogP contribution in [0, 0.1) is 657 Å². The molecule has 1 aliphatic heterocycles. The molecule has 5 atom stereocenters. The van der Waals surface area contributed by atoms with E-state index in [0.29, 0.717) is 12.8 Å². The molecule has 0 aromatic heterocycles. The topological polar surface area (TPSA) is 26.3 Å². The Labute approximate surface area is 809 Å². The Morgan fingerprint density at radius 1 is 0.201 bits per heavy atom. The predicted octanol–water partition coefficient (Wildman–Crippen LogP) is 11.2. The standard InChI is InChI=1S/C54H24O2.C12H6.C11H4.C10H2.C9H4.C8H6.C7H4.C6H2.C5H4.C4H6.C3H4.C2H2.CH4/c1-4-7-10-13-16-19-22-24-27-29-32-35-38-42-50-44-40-43-49(41-37-34-31-28-26-23-20-17-14-11-8-5-2)46-47-51-52(54(55)56-53(51)48-50)45-39-36-33-30-25-21-18-15-12-9-6-3;1-3-5-7-9-11-12-10-8-6-4-2;1-3-5-7-9-11-10-8-6-4-2;1-3-5-7-9-10-8-6-4-2;1-3-5-7-9-8-6-4-2;1-3-5-7-8-6-4-2;1-3-5-7-6-4-2;1-3-5-6-4-2;1-3-5-4-2;1-3-4-2;1-3-2;1-2;/h2,49-53H,40,43-44,46-48H2,1,3H3;1-2H3;1H,2H3;1-2H;1H,2H3;1-2H3;1H,2H3;1-2H;1H,2H3;1-2H3;1H,2H3;1-2H;1H4. The van der Waals surface area contributed by atoms with Crippen molar-refractivity contribution in [2.24, 2.45) is 23.7 Å². The Bertz CT molecular complexity index is 7510. The lowest BCUT2D eigenvalue weighted by Gasteiger charge is -2.25. The number of carbonyl (C=O) groups excluding carboxylic acids is 1. The molecule has 2 fully saturated rings. The summed E-state index contributed by atoms with van der Waals surface area (Å²) in [6.07, 6.45) is 59.8. The molecule has 612 valence electrons. The van der Waals surface area contributed by atoms with E-state index < -0.39 is 5.92 Å². The second-order valence-corrected chi connectivity index (χ2v) is 18.9. The summed E-state index contributed by atoms with van der Waals surface area (Å²) in [5, 5.41) is 0. The number of esters is 1. The molecule has 134 heavy (non-hydrogen) atoms. The fourth-order valence-corrected chi connectivity index (χ4v) is 6.08. The van der Waals surface area contributed by atoms with Crippen molar-refractivity contribution in [1.82, 2.24) is 0 Å². The van der Waals surface area contributed by atoms with Gasteiger partial charge in [0.1, 0.15) is 12.0 Å². The molecule has 0 aromatic carbocycles. The second kappa shape index (κ2) is 141. The number of ether oxygens (including phenoxy) is 1. The van der Waals surface area contributed by atoms with E-state index in [4.69, 9.17) is 62.5 Å². The summed E-state index contributed by atoms with van der Waals surface area (Å²) in [6.45, 7) is 22.4. The van der Waals surface area contributed by atoms with Crippen LogP contribution in [-0.4, -0.2) is 12.1 Å². The van der Waals surface area contributed by atoms with Gasteiger partial charge in [-0.2, -0.15) is 0 Å². The molecule has 2 rings (SSSR count). The number of carbonyl (C=O) groups is 1. The van der Waals surface area contributed by atoms with Crippen LogP contribution in [0.2, 0.25) is 0 Å². The molecule has 0 bridgehead atoms. The second-order valence-electron chi connectivity index (χ2n) is 18.9. The first-order chi connectivity index (χ1) is 65.3. The van der Waals surface area contributed by atoms with E-state index in [1.165, 1.54) is 0 Å². The van der Waals surface area contributed by atoms with Crippen LogP contribution in [0.25, 0.3) is 0 Å². The van der Waals surface area contributed by atoms with Gasteiger partial charge < -0.3 is 4.74 Å². The van der Waals surface area contributed by atoms with Gasteiger partial charge in [-0.05, 0) is 584 Å². The van der Waals surface area contributed by atoms with E-state index in [2.05, 4.69) is 576 Å². The maximum atomic E-state index is 13.1. The van der Waals surface area contributed by atoms with Crippen LogP contribution in [-0.2, 0) is 9.53 Å². The van der Waals surface area contributed by atoms with E-state index >= 15 is 0 Å². The Morgan fingerprint density at radius 3 is 0.560 bits per heavy atom. The van der Waals surface area contributed by atoms with Gasteiger partial charge in [0.2, 0.25) is 0 Å². The van der Waals surface area contributed by atoms with Crippen molar-refractivity contribution in [3.8, 4) is 634 Å². The highest BCUT2D eigenvalue weighted by Gasteiger charge is 2.44. The van der Waals surface area contributed by atoms with E-state index in [1.807, 2.05) is 13.8 Å². The normalized spacial score (nSPS) is 8.69. The smallest absolute Gasteiger partial charge is 0.321 e. The molecule has 0 aromatic rings. The van der Waals surface area contributed by atoms with Crippen LogP contribution >= 0.6 is 0 Å². The maximum absolute atomic E-state index is 13.1. The molecule has 1 heterocycles. The van der Waals surface area contributed by atoms with Crippen LogP contribution in [0.1, 0.15) is 136 Å². The molecule has 0 radical (unpaired) electrons. The SMILES string of the molecule is C.C#C.C#CC.C#CC#CC.C#CC#CC#C.C#CC#CC#CC.C#CC#CC#CC#CC.C#CC#CC#CC#CC#C.C#CC#CC#CC#CC#CC.C#CC#CC#CC#CC#CC#CC#CC1CCCC(C#CC#CC#CC#CC#CC#CC#CC)CC2OC(=O)C(C#CC#CC#CC#CC#CC#CC)C2CC1.CC#CC.CC#CC#CC#CC.CC#CC#CC#CC#CC#CC. The predicted molar refractivity (Wildman–Crippen MR) is 557 cm³/mol.